The van der Waals surface area contributed by atoms with Crippen molar-refractivity contribution in [3.8, 4) is 5.75 Å². The molecule has 3 rings (SSSR count). The van der Waals surface area contributed by atoms with Gasteiger partial charge in [0.2, 0.25) is 0 Å². The van der Waals surface area contributed by atoms with Crippen LogP contribution in [0.2, 0.25) is 5.02 Å². The number of pyridine rings is 1. The fourth-order valence-corrected chi connectivity index (χ4v) is 2.70. The van der Waals surface area contributed by atoms with Crippen LogP contribution in [0.25, 0.3) is 0 Å². The van der Waals surface area contributed by atoms with Gasteiger partial charge in [-0.2, -0.15) is 0 Å². The Bertz CT molecular complexity index is 729. The topological polar surface area (TPSA) is 62.7 Å². The summed E-state index contributed by atoms with van der Waals surface area (Å²) in [6.45, 7) is 1.92. The summed E-state index contributed by atoms with van der Waals surface area (Å²) in [7, 11) is 0. The van der Waals surface area contributed by atoms with Crippen molar-refractivity contribution in [2.24, 2.45) is 0 Å². The molecule has 1 aliphatic rings. The molecule has 130 valence electrons. The minimum atomic E-state index is -0.106. The van der Waals surface area contributed by atoms with Crippen LogP contribution in [0.1, 0.15) is 10.5 Å². The largest absolute Gasteiger partial charge is 0.484 e. The minimum Gasteiger partial charge on any atom is -0.484 e. The van der Waals surface area contributed by atoms with Crippen LogP contribution in [-0.2, 0) is 4.79 Å². The number of piperazine rings is 1. The summed E-state index contributed by atoms with van der Waals surface area (Å²) in [6, 6.07) is 12.1. The van der Waals surface area contributed by atoms with Crippen molar-refractivity contribution in [2.45, 2.75) is 0 Å². The van der Waals surface area contributed by atoms with Crippen LogP contribution >= 0.6 is 11.6 Å². The highest BCUT2D eigenvalue weighted by Gasteiger charge is 2.25. The van der Waals surface area contributed by atoms with Gasteiger partial charge in [0, 0.05) is 37.4 Å². The second-order valence-corrected chi connectivity index (χ2v) is 6.07. The van der Waals surface area contributed by atoms with Crippen LogP contribution in [0, 0.1) is 0 Å². The van der Waals surface area contributed by atoms with E-state index in [9.17, 15) is 9.59 Å². The number of nitrogens with zero attached hydrogens (tertiary/aromatic N) is 3. The number of carbonyl (C=O) groups excluding carboxylic acids is 2. The molecule has 0 unspecified atom stereocenters. The number of ether oxygens (including phenoxy) is 1. The molecular weight excluding hydrogens is 342 g/mol. The lowest BCUT2D eigenvalue weighted by Crippen LogP contribution is -2.51. The average molecular weight is 360 g/mol. The van der Waals surface area contributed by atoms with Crippen molar-refractivity contribution in [3.05, 3.63) is 59.4 Å². The number of rotatable bonds is 4. The lowest BCUT2D eigenvalue weighted by atomic mass is 10.2. The van der Waals surface area contributed by atoms with E-state index in [1.807, 2.05) is 0 Å². The van der Waals surface area contributed by atoms with E-state index in [-0.39, 0.29) is 18.4 Å². The molecule has 6 nitrogen and oxygen atoms in total. The molecule has 1 aliphatic heterocycles. The van der Waals surface area contributed by atoms with Crippen molar-refractivity contribution in [3.63, 3.8) is 0 Å². The quantitative estimate of drug-likeness (QED) is 0.838. The number of amides is 2. The predicted molar refractivity (Wildman–Crippen MR) is 93.7 cm³/mol. The summed E-state index contributed by atoms with van der Waals surface area (Å²) < 4.78 is 5.48. The van der Waals surface area contributed by atoms with Gasteiger partial charge >= 0.3 is 0 Å². The number of carbonyl (C=O) groups is 2. The average Bonchev–Trinajstić information content (AvgIpc) is 2.67. The molecule has 0 radical (unpaired) electrons. The maximum absolute atomic E-state index is 12.3. The SMILES string of the molecule is O=C(COc1ccc(Cl)cc1)N1CCN(C(=O)c2ccccn2)CC1. The molecule has 0 saturated carbocycles. The van der Waals surface area contributed by atoms with Gasteiger partial charge < -0.3 is 14.5 Å². The number of benzene rings is 1. The Kier molecular flexibility index (Phi) is 5.50. The summed E-state index contributed by atoms with van der Waals surface area (Å²) >= 11 is 5.81. The van der Waals surface area contributed by atoms with Gasteiger partial charge in [0.1, 0.15) is 11.4 Å². The molecule has 0 spiro atoms. The minimum absolute atomic E-state index is 0.0319. The van der Waals surface area contributed by atoms with Gasteiger partial charge in [-0.15, -0.1) is 0 Å². The van der Waals surface area contributed by atoms with Gasteiger partial charge in [-0.3, -0.25) is 14.6 Å². The van der Waals surface area contributed by atoms with E-state index in [1.54, 1.807) is 58.5 Å². The van der Waals surface area contributed by atoms with Crippen LogP contribution < -0.4 is 4.74 Å². The zero-order chi connectivity index (χ0) is 17.6. The molecular formula is C18H18ClN3O3. The number of halogens is 1. The first kappa shape index (κ1) is 17.2. The molecule has 2 amide bonds. The molecule has 0 bridgehead atoms. The van der Waals surface area contributed by atoms with Gasteiger partial charge in [0.25, 0.3) is 11.8 Å². The number of aromatic nitrogens is 1. The molecule has 2 heterocycles. The molecule has 0 aliphatic carbocycles. The Morgan fingerprint density at radius 1 is 1.00 bits per heavy atom. The smallest absolute Gasteiger partial charge is 0.272 e. The van der Waals surface area contributed by atoms with Crippen molar-refractivity contribution < 1.29 is 14.3 Å². The highest BCUT2D eigenvalue weighted by molar-refractivity contribution is 6.30. The maximum atomic E-state index is 12.3. The van der Waals surface area contributed by atoms with E-state index in [2.05, 4.69) is 4.98 Å². The molecule has 0 atom stereocenters. The number of hydrogen-bond donors (Lipinski definition) is 0. The van der Waals surface area contributed by atoms with Crippen molar-refractivity contribution >= 4 is 23.4 Å². The van der Waals surface area contributed by atoms with E-state index in [0.717, 1.165) is 0 Å². The normalized spacial score (nSPS) is 14.3. The lowest BCUT2D eigenvalue weighted by Gasteiger charge is -2.34. The van der Waals surface area contributed by atoms with Crippen molar-refractivity contribution in [1.29, 1.82) is 0 Å². The van der Waals surface area contributed by atoms with Crippen LogP contribution in [-0.4, -0.2) is 59.4 Å². The molecule has 25 heavy (non-hydrogen) atoms. The van der Waals surface area contributed by atoms with E-state index in [4.69, 9.17) is 16.3 Å². The Balaban J connectivity index is 1.47. The predicted octanol–water partition coefficient (Wildman–Crippen LogP) is 2.10. The van der Waals surface area contributed by atoms with Crippen LogP contribution in [0.5, 0.6) is 5.75 Å². The van der Waals surface area contributed by atoms with E-state index >= 15 is 0 Å². The molecule has 1 aromatic heterocycles. The molecule has 0 N–H and O–H groups in total. The van der Waals surface area contributed by atoms with Crippen molar-refractivity contribution in [2.75, 3.05) is 32.8 Å². The van der Waals surface area contributed by atoms with Crippen LogP contribution in [0.15, 0.2) is 48.7 Å². The molecule has 1 fully saturated rings. The van der Waals surface area contributed by atoms with Gasteiger partial charge in [0.05, 0.1) is 0 Å². The lowest BCUT2D eigenvalue weighted by molar-refractivity contribution is -0.134. The highest BCUT2D eigenvalue weighted by Crippen LogP contribution is 2.15. The Labute approximate surface area is 151 Å². The van der Waals surface area contributed by atoms with E-state index in [0.29, 0.717) is 42.6 Å². The monoisotopic (exact) mass is 359 g/mol. The first-order chi connectivity index (χ1) is 12.1. The molecule has 1 saturated heterocycles. The summed E-state index contributed by atoms with van der Waals surface area (Å²) in [4.78, 5) is 32.1. The second-order valence-electron chi connectivity index (χ2n) is 5.63. The fraction of sp³-hybridized carbons (Fsp3) is 0.278. The maximum Gasteiger partial charge on any atom is 0.272 e. The zero-order valence-electron chi connectivity index (χ0n) is 13.6. The fourth-order valence-electron chi connectivity index (χ4n) is 2.58. The third-order valence-electron chi connectivity index (χ3n) is 3.98. The molecule has 2 aromatic rings. The van der Waals surface area contributed by atoms with Crippen LogP contribution in [0.3, 0.4) is 0 Å². The highest BCUT2D eigenvalue weighted by atomic mass is 35.5. The summed E-state index contributed by atoms with van der Waals surface area (Å²) in [5.74, 6) is 0.395. The van der Waals surface area contributed by atoms with Gasteiger partial charge in [0.15, 0.2) is 6.61 Å². The first-order valence-electron chi connectivity index (χ1n) is 8.00. The third kappa shape index (κ3) is 4.48. The molecule has 1 aromatic carbocycles. The summed E-state index contributed by atoms with van der Waals surface area (Å²) in [5.41, 5.74) is 0.424. The van der Waals surface area contributed by atoms with Gasteiger partial charge in [-0.25, -0.2) is 0 Å². The third-order valence-corrected chi connectivity index (χ3v) is 4.23. The Morgan fingerprint density at radius 3 is 2.32 bits per heavy atom. The molecule has 7 heteroatoms. The van der Waals surface area contributed by atoms with Crippen molar-refractivity contribution in [1.82, 2.24) is 14.8 Å². The summed E-state index contributed by atoms with van der Waals surface area (Å²) in [6.07, 6.45) is 1.60. The second kappa shape index (κ2) is 7.98. The van der Waals surface area contributed by atoms with E-state index in [1.165, 1.54) is 0 Å². The number of hydrogen-bond acceptors (Lipinski definition) is 4. The Morgan fingerprint density at radius 2 is 1.68 bits per heavy atom. The summed E-state index contributed by atoms with van der Waals surface area (Å²) in [5, 5.41) is 0.618. The van der Waals surface area contributed by atoms with E-state index < -0.39 is 0 Å². The zero-order valence-corrected chi connectivity index (χ0v) is 14.4. The Hall–Kier alpha value is -2.60. The van der Waals surface area contributed by atoms with Crippen LogP contribution in [0.4, 0.5) is 0 Å². The van der Waals surface area contributed by atoms with Gasteiger partial charge in [-0.05, 0) is 36.4 Å². The standard InChI is InChI=1S/C18H18ClN3O3/c19-14-4-6-15(7-5-14)25-13-17(23)21-9-11-22(12-10-21)18(24)16-3-1-2-8-20-16/h1-8H,9-13H2. The van der Waals surface area contributed by atoms with Gasteiger partial charge in [-0.1, -0.05) is 17.7 Å². The first-order valence-corrected chi connectivity index (χ1v) is 8.38.